The maximum absolute atomic E-state index is 12.6. The van der Waals surface area contributed by atoms with Gasteiger partial charge in [0.15, 0.2) is 0 Å². The molecule has 2 N–H and O–H groups in total. The second kappa shape index (κ2) is 9.65. The summed E-state index contributed by atoms with van der Waals surface area (Å²) >= 11 is 0. The van der Waals surface area contributed by atoms with Gasteiger partial charge in [0.2, 0.25) is 0 Å². The molecule has 0 saturated carbocycles. The molecule has 0 aromatic heterocycles. The van der Waals surface area contributed by atoms with Gasteiger partial charge in [-0.2, -0.15) is 0 Å². The second-order valence-corrected chi connectivity index (χ2v) is 8.16. The Kier molecular flexibility index (Phi) is 6.49. The average molecular weight is 447 g/mol. The molecule has 170 valence electrons. The van der Waals surface area contributed by atoms with Crippen LogP contribution in [0.15, 0.2) is 66.7 Å². The number of rotatable bonds is 7. The number of carbonyl (C=O) groups excluding carboxylic acids is 1. The molecule has 0 aliphatic carbocycles. The van der Waals surface area contributed by atoms with E-state index in [2.05, 4.69) is 10.2 Å². The summed E-state index contributed by atoms with van der Waals surface area (Å²) < 4.78 is 11.9. The molecule has 0 radical (unpaired) electrons. The van der Waals surface area contributed by atoms with Gasteiger partial charge in [-0.3, -0.25) is 9.59 Å². The number of ether oxygens (including phenoxy) is 2. The molecule has 33 heavy (non-hydrogen) atoms. The van der Waals surface area contributed by atoms with E-state index < -0.39 is 5.97 Å². The number of likely N-dealkylation sites (N-methyl/N-ethyl adjacent to an activating group) is 1. The lowest BCUT2D eigenvalue weighted by atomic mass is 10.1. The van der Waals surface area contributed by atoms with Crippen LogP contribution >= 0.6 is 0 Å². The molecule has 0 fully saturated rings. The number of para-hydroxylation sites is 2. The van der Waals surface area contributed by atoms with Crippen molar-refractivity contribution in [2.45, 2.75) is 19.4 Å². The Hall–Kier alpha value is -4.00. The van der Waals surface area contributed by atoms with Gasteiger partial charge in [-0.05, 0) is 66.6 Å². The zero-order chi connectivity index (χ0) is 23.4. The number of carboxylic acids is 1. The standard InChI is InChI=1S/C26H26N2O5/c1-17-11-18(14-25(29)30)13-20(12-17)27-26(31)19-7-9-21(10-8-19)32-16-22-15-28(2)23-5-3-4-6-24(23)33-22/h3-13,22H,14-16H2,1-2H3,(H,27,31)(H,29,30)/t22-/m0/s1. The summed E-state index contributed by atoms with van der Waals surface area (Å²) in [5, 5.41) is 11.8. The number of carbonyl (C=O) groups is 2. The van der Waals surface area contributed by atoms with E-state index in [0.717, 1.165) is 23.5 Å². The first-order valence-corrected chi connectivity index (χ1v) is 10.7. The predicted molar refractivity (Wildman–Crippen MR) is 127 cm³/mol. The van der Waals surface area contributed by atoms with Crippen molar-refractivity contribution in [3.05, 3.63) is 83.4 Å². The molecule has 7 heteroatoms. The van der Waals surface area contributed by atoms with E-state index in [-0.39, 0.29) is 18.4 Å². The Labute approximate surface area is 192 Å². The van der Waals surface area contributed by atoms with E-state index >= 15 is 0 Å². The first kappa shape index (κ1) is 22.2. The molecule has 1 aliphatic heterocycles. The number of aryl methyl sites for hydroxylation is 1. The van der Waals surface area contributed by atoms with Gasteiger partial charge in [0.1, 0.15) is 24.2 Å². The van der Waals surface area contributed by atoms with Gasteiger partial charge < -0.3 is 24.8 Å². The third-order valence-electron chi connectivity index (χ3n) is 5.35. The number of amides is 1. The van der Waals surface area contributed by atoms with Crippen LogP contribution < -0.4 is 19.7 Å². The highest BCUT2D eigenvalue weighted by Crippen LogP contribution is 2.32. The number of carboxylic acid groups (broad SMARTS) is 1. The number of hydrogen-bond donors (Lipinski definition) is 2. The summed E-state index contributed by atoms with van der Waals surface area (Å²) in [6.07, 6.45) is -0.197. The first-order chi connectivity index (χ1) is 15.9. The van der Waals surface area contributed by atoms with Crippen LogP contribution in [0.5, 0.6) is 11.5 Å². The summed E-state index contributed by atoms with van der Waals surface area (Å²) in [6, 6.07) is 20.1. The topological polar surface area (TPSA) is 88.1 Å². The number of hydrogen-bond acceptors (Lipinski definition) is 5. The Morgan fingerprint density at radius 2 is 1.88 bits per heavy atom. The molecule has 0 bridgehead atoms. The molecule has 1 atom stereocenters. The highest BCUT2D eigenvalue weighted by atomic mass is 16.5. The number of aliphatic carboxylic acids is 1. The van der Waals surface area contributed by atoms with Crippen molar-refractivity contribution in [3.8, 4) is 11.5 Å². The number of fused-ring (bicyclic) bond motifs is 1. The van der Waals surface area contributed by atoms with Crippen molar-refractivity contribution in [3.63, 3.8) is 0 Å². The smallest absolute Gasteiger partial charge is 0.307 e. The molecular formula is C26H26N2O5. The maximum Gasteiger partial charge on any atom is 0.307 e. The van der Waals surface area contributed by atoms with E-state index in [0.29, 0.717) is 29.2 Å². The fourth-order valence-electron chi connectivity index (χ4n) is 3.89. The van der Waals surface area contributed by atoms with Crippen LogP contribution in [-0.2, 0) is 11.2 Å². The van der Waals surface area contributed by atoms with E-state index in [1.54, 1.807) is 42.5 Å². The third-order valence-corrected chi connectivity index (χ3v) is 5.35. The Balaban J connectivity index is 1.34. The lowest BCUT2D eigenvalue weighted by Gasteiger charge is -2.33. The molecule has 4 rings (SSSR count). The molecule has 0 spiro atoms. The number of nitrogens with one attached hydrogen (secondary N) is 1. The van der Waals surface area contributed by atoms with Crippen molar-refractivity contribution >= 4 is 23.3 Å². The van der Waals surface area contributed by atoms with Crippen molar-refractivity contribution in [2.75, 3.05) is 30.4 Å². The molecule has 0 saturated heterocycles. The zero-order valence-corrected chi connectivity index (χ0v) is 18.6. The number of nitrogens with zero attached hydrogens (tertiary/aromatic N) is 1. The monoisotopic (exact) mass is 446 g/mol. The molecule has 1 aliphatic rings. The van der Waals surface area contributed by atoms with Gasteiger partial charge in [0, 0.05) is 18.3 Å². The first-order valence-electron chi connectivity index (χ1n) is 10.7. The summed E-state index contributed by atoms with van der Waals surface area (Å²) in [4.78, 5) is 25.8. The van der Waals surface area contributed by atoms with Crippen LogP contribution in [0.3, 0.4) is 0 Å². The fourth-order valence-corrected chi connectivity index (χ4v) is 3.89. The van der Waals surface area contributed by atoms with E-state index in [4.69, 9.17) is 14.6 Å². The van der Waals surface area contributed by atoms with Crippen LogP contribution in [0.25, 0.3) is 0 Å². The molecule has 0 unspecified atom stereocenters. The van der Waals surface area contributed by atoms with Gasteiger partial charge in [-0.25, -0.2) is 0 Å². The van der Waals surface area contributed by atoms with Crippen LogP contribution in [0.2, 0.25) is 0 Å². The SMILES string of the molecule is Cc1cc(CC(=O)O)cc(NC(=O)c2ccc(OC[C@@H]3CN(C)c4ccccc4O3)cc2)c1. The minimum Gasteiger partial charge on any atom is -0.490 e. The van der Waals surface area contributed by atoms with Crippen molar-refractivity contribution in [1.29, 1.82) is 0 Å². The van der Waals surface area contributed by atoms with Crippen molar-refractivity contribution in [2.24, 2.45) is 0 Å². The van der Waals surface area contributed by atoms with Crippen LogP contribution in [0.4, 0.5) is 11.4 Å². The van der Waals surface area contributed by atoms with Crippen LogP contribution in [-0.4, -0.2) is 43.3 Å². The normalized spacial score (nSPS) is 14.7. The molecular weight excluding hydrogens is 420 g/mol. The minimum absolute atomic E-state index is 0.0946. The van der Waals surface area contributed by atoms with Gasteiger partial charge in [0.25, 0.3) is 5.91 Å². The lowest BCUT2D eigenvalue weighted by molar-refractivity contribution is -0.136. The Morgan fingerprint density at radius 3 is 2.64 bits per heavy atom. The highest BCUT2D eigenvalue weighted by molar-refractivity contribution is 6.04. The molecule has 3 aromatic carbocycles. The van der Waals surface area contributed by atoms with Crippen LogP contribution in [0.1, 0.15) is 21.5 Å². The van der Waals surface area contributed by atoms with E-state index in [9.17, 15) is 9.59 Å². The molecule has 1 amide bonds. The molecule has 3 aromatic rings. The van der Waals surface area contributed by atoms with Gasteiger partial charge in [0.05, 0.1) is 18.7 Å². The summed E-state index contributed by atoms with van der Waals surface area (Å²) in [5.74, 6) is 0.302. The molecule has 1 heterocycles. The maximum atomic E-state index is 12.6. The largest absolute Gasteiger partial charge is 0.490 e. The fraction of sp³-hybridized carbons (Fsp3) is 0.231. The van der Waals surface area contributed by atoms with Gasteiger partial charge in [-0.1, -0.05) is 18.2 Å². The quantitative estimate of drug-likeness (QED) is 0.567. The van der Waals surface area contributed by atoms with Crippen molar-refractivity contribution in [1.82, 2.24) is 0 Å². The second-order valence-electron chi connectivity index (χ2n) is 8.16. The highest BCUT2D eigenvalue weighted by Gasteiger charge is 2.23. The number of benzene rings is 3. The Morgan fingerprint density at radius 1 is 1.12 bits per heavy atom. The Bertz CT molecular complexity index is 1160. The lowest BCUT2D eigenvalue weighted by Crippen LogP contribution is -2.41. The predicted octanol–water partition coefficient (Wildman–Crippen LogP) is 4.15. The minimum atomic E-state index is -0.914. The molecule has 7 nitrogen and oxygen atoms in total. The van der Waals surface area contributed by atoms with E-state index in [1.165, 1.54) is 0 Å². The summed E-state index contributed by atoms with van der Waals surface area (Å²) in [5.41, 5.74) is 3.63. The van der Waals surface area contributed by atoms with Crippen LogP contribution in [0, 0.1) is 6.92 Å². The summed E-state index contributed by atoms with van der Waals surface area (Å²) in [6.45, 7) is 2.97. The zero-order valence-electron chi connectivity index (χ0n) is 18.6. The van der Waals surface area contributed by atoms with Gasteiger partial charge >= 0.3 is 5.97 Å². The third kappa shape index (κ3) is 5.63. The van der Waals surface area contributed by atoms with Gasteiger partial charge in [-0.15, -0.1) is 0 Å². The number of anilines is 2. The van der Waals surface area contributed by atoms with Crippen molar-refractivity contribution < 1.29 is 24.2 Å². The average Bonchev–Trinajstić information content (AvgIpc) is 2.77. The van der Waals surface area contributed by atoms with E-state index in [1.807, 2.05) is 38.2 Å². The summed E-state index contributed by atoms with van der Waals surface area (Å²) in [7, 11) is 2.03.